The molecule has 1 amide bonds. The second-order valence-corrected chi connectivity index (χ2v) is 5.03. The number of rotatable bonds is 5. The number of ether oxygens (including phenoxy) is 1. The lowest BCUT2D eigenvalue weighted by Crippen LogP contribution is -2.41. The van der Waals surface area contributed by atoms with E-state index in [4.69, 9.17) is 9.84 Å². The van der Waals surface area contributed by atoms with E-state index in [0.29, 0.717) is 0 Å². The minimum atomic E-state index is -4.22. The van der Waals surface area contributed by atoms with Crippen molar-refractivity contribution in [2.24, 2.45) is 0 Å². The number of hydrogen-bond acceptors (Lipinski definition) is 3. The Morgan fingerprint density at radius 1 is 1.33 bits per heavy atom. The average Bonchev–Trinajstić information content (AvgIpc) is 2.11. The van der Waals surface area contributed by atoms with Gasteiger partial charge in [-0.15, -0.1) is 0 Å². The van der Waals surface area contributed by atoms with Gasteiger partial charge in [0, 0.05) is 6.42 Å². The highest BCUT2D eigenvalue weighted by atomic mass is 19.4. The van der Waals surface area contributed by atoms with Crippen molar-refractivity contribution in [1.82, 2.24) is 5.32 Å². The van der Waals surface area contributed by atoms with Gasteiger partial charge in [0.05, 0.1) is 12.6 Å². The van der Waals surface area contributed by atoms with Crippen LogP contribution in [0.15, 0.2) is 0 Å². The smallest absolute Gasteiger partial charge is 0.407 e. The molecule has 0 rings (SSSR count). The molecule has 4 nitrogen and oxygen atoms in total. The van der Waals surface area contributed by atoms with Crippen molar-refractivity contribution in [2.45, 2.75) is 57.9 Å². The lowest BCUT2D eigenvalue weighted by molar-refractivity contribution is -0.135. The Balaban J connectivity index is 4.00. The second kappa shape index (κ2) is 6.82. The van der Waals surface area contributed by atoms with E-state index >= 15 is 0 Å². The maximum atomic E-state index is 11.9. The molecule has 18 heavy (non-hydrogen) atoms. The summed E-state index contributed by atoms with van der Waals surface area (Å²) in [5.74, 6) is 0. The molecule has 7 heteroatoms. The molecular formula is C11H20F3NO3. The minimum absolute atomic E-state index is 0.0508. The number of aliphatic hydroxyl groups excluding tert-OH is 1. The van der Waals surface area contributed by atoms with Gasteiger partial charge in [0.25, 0.3) is 0 Å². The van der Waals surface area contributed by atoms with Gasteiger partial charge in [0.15, 0.2) is 0 Å². The van der Waals surface area contributed by atoms with Gasteiger partial charge >= 0.3 is 12.3 Å². The van der Waals surface area contributed by atoms with Crippen LogP contribution in [0.5, 0.6) is 0 Å². The van der Waals surface area contributed by atoms with Crippen LogP contribution in [0.3, 0.4) is 0 Å². The fraction of sp³-hybridized carbons (Fsp3) is 0.909. The maximum Gasteiger partial charge on any atom is 0.407 e. The summed E-state index contributed by atoms with van der Waals surface area (Å²) in [5.41, 5.74) is -0.684. The third-order valence-electron chi connectivity index (χ3n) is 1.95. The molecule has 0 radical (unpaired) electrons. The van der Waals surface area contributed by atoms with Crippen LogP contribution < -0.4 is 5.32 Å². The van der Waals surface area contributed by atoms with Crippen LogP contribution in [0.2, 0.25) is 0 Å². The number of amides is 1. The Morgan fingerprint density at radius 3 is 2.28 bits per heavy atom. The van der Waals surface area contributed by atoms with E-state index in [0.717, 1.165) is 0 Å². The largest absolute Gasteiger partial charge is 0.444 e. The molecule has 1 atom stereocenters. The van der Waals surface area contributed by atoms with Gasteiger partial charge in [-0.1, -0.05) is 0 Å². The highest BCUT2D eigenvalue weighted by Gasteiger charge is 2.27. The van der Waals surface area contributed by atoms with E-state index in [1.54, 1.807) is 20.8 Å². The van der Waals surface area contributed by atoms with Crippen molar-refractivity contribution in [3.63, 3.8) is 0 Å². The fourth-order valence-corrected chi connectivity index (χ4v) is 1.23. The van der Waals surface area contributed by atoms with Crippen molar-refractivity contribution in [3.05, 3.63) is 0 Å². The topological polar surface area (TPSA) is 58.6 Å². The summed E-state index contributed by atoms with van der Waals surface area (Å²) < 4.78 is 40.7. The standard InChI is InChI=1S/C11H20F3NO3/c1-10(2,3)18-9(17)15-8(7-16)5-4-6-11(12,13)14/h8,16H,4-7H2,1-3H3,(H,15,17)/t8-/m0/s1. The Hall–Kier alpha value is -0.980. The molecule has 0 spiro atoms. The van der Waals surface area contributed by atoms with E-state index in [9.17, 15) is 18.0 Å². The van der Waals surface area contributed by atoms with E-state index in [1.807, 2.05) is 0 Å². The van der Waals surface area contributed by atoms with Crippen molar-refractivity contribution in [1.29, 1.82) is 0 Å². The van der Waals surface area contributed by atoms with Crippen LogP contribution >= 0.6 is 0 Å². The number of carbonyl (C=O) groups is 1. The third-order valence-corrected chi connectivity index (χ3v) is 1.95. The Bertz CT molecular complexity index is 261. The molecule has 0 saturated carbocycles. The Labute approximate surface area is 105 Å². The number of alkyl carbamates (subject to hydrolysis) is 1. The first-order valence-corrected chi connectivity index (χ1v) is 5.70. The summed E-state index contributed by atoms with van der Waals surface area (Å²) in [6.07, 6.45) is -5.99. The van der Waals surface area contributed by atoms with Crippen molar-refractivity contribution in [2.75, 3.05) is 6.61 Å². The molecule has 0 aromatic rings. The Morgan fingerprint density at radius 2 is 1.89 bits per heavy atom. The van der Waals surface area contributed by atoms with Crippen LogP contribution in [0.4, 0.5) is 18.0 Å². The zero-order valence-electron chi connectivity index (χ0n) is 10.8. The monoisotopic (exact) mass is 271 g/mol. The molecule has 0 aliphatic carbocycles. The molecule has 0 aliphatic heterocycles. The second-order valence-electron chi connectivity index (χ2n) is 5.03. The van der Waals surface area contributed by atoms with Gasteiger partial charge < -0.3 is 15.2 Å². The maximum absolute atomic E-state index is 11.9. The highest BCUT2D eigenvalue weighted by Crippen LogP contribution is 2.22. The number of nitrogens with one attached hydrogen (secondary N) is 1. The molecule has 108 valence electrons. The predicted molar refractivity (Wildman–Crippen MR) is 60.1 cm³/mol. The summed E-state index contributed by atoms with van der Waals surface area (Å²) >= 11 is 0. The number of aliphatic hydroxyl groups is 1. The van der Waals surface area contributed by atoms with Crippen molar-refractivity contribution in [3.8, 4) is 0 Å². The first-order chi connectivity index (χ1) is 8.03. The van der Waals surface area contributed by atoms with E-state index in [2.05, 4.69) is 5.32 Å². The van der Waals surface area contributed by atoms with Gasteiger partial charge in [0.1, 0.15) is 5.60 Å². The number of hydrogen-bond donors (Lipinski definition) is 2. The van der Waals surface area contributed by atoms with Crippen LogP contribution in [0.1, 0.15) is 40.0 Å². The van der Waals surface area contributed by atoms with Crippen molar-refractivity contribution >= 4 is 6.09 Å². The Kier molecular flexibility index (Phi) is 6.45. The predicted octanol–water partition coefficient (Wildman–Crippen LogP) is 2.60. The molecule has 0 aromatic heterocycles. The first kappa shape index (κ1) is 17.0. The number of alkyl halides is 3. The summed E-state index contributed by atoms with van der Waals surface area (Å²) in [6, 6.07) is -0.720. The molecule has 0 fully saturated rings. The van der Waals surface area contributed by atoms with Crippen LogP contribution in [0, 0.1) is 0 Å². The van der Waals surface area contributed by atoms with Gasteiger partial charge in [-0.2, -0.15) is 13.2 Å². The molecule has 0 unspecified atom stereocenters. The quantitative estimate of drug-likeness (QED) is 0.808. The normalized spacial score (nSPS) is 14.2. The molecular weight excluding hydrogens is 251 g/mol. The molecule has 0 aliphatic rings. The van der Waals surface area contributed by atoms with Crippen LogP contribution in [-0.2, 0) is 4.74 Å². The summed E-state index contributed by atoms with van der Waals surface area (Å²) in [7, 11) is 0. The zero-order chi connectivity index (χ0) is 14.4. The average molecular weight is 271 g/mol. The molecule has 0 saturated heterocycles. The van der Waals surface area contributed by atoms with Crippen LogP contribution in [0.25, 0.3) is 0 Å². The minimum Gasteiger partial charge on any atom is -0.444 e. The molecule has 0 bridgehead atoms. The summed E-state index contributed by atoms with van der Waals surface area (Å²) in [4.78, 5) is 11.3. The SMILES string of the molecule is CC(C)(C)OC(=O)N[C@H](CO)CCCC(F)(F)F. The molecule has 0 heterocycles. The van der Waals surface area contributed by atoms with E-state index < -0.39 is 36.9 Å². The zero-order valence-corrected chi connectivity index (χ0v) is 10.8. The first-order valence-electron chi connectivity index (χ1n) is 5.70. The summed E-state index contributed by atoms with van der Waals surface area (Å²) in [5, 5.41) is 11.3. The van der Waals surface area contributed by atoms with Gasteiger partial charge in [-0.25, -0.2) is 4.79 Å². The number of halogens is 3. The summed E-state index contributed by atoms with van der Waals surface area (Å²) in [6.45, 7) is 4.59. The van der Waals surface area contributed by atoms with Gasteiger partial charge in [-0.3, -0.25) is 0 Å². The van der Waals surface area contributed by atoms with E-state index in [-0.39, 0.29) is 12.8 Å². The van der Waals surface area contributed by atoms with Gasteiger partial charge in [-0.05, 0) is 33.6 Å². The molecule has 0 aromatic carbocycles. The highest BCUT2D eigenvalue weighted by molar-refractivity contribution is 5.68. The fourth-order valence-electron chi connectivity index (χ4n) is 1.23. The molecule has 2 N–H and O–H groups in total. The lowest BCUT2D eigenvalue weighted by Gasteiger charge is -2.22. The van der Waals surface area contributed by atoms with Crippen molar-refractivity contribution < 1.29 is 27.8 Å². The third kappa shape index (κ3) is 10.2. The lowest BCUT2D eigenvalue weighted by atomic mass is 10.1. The number of carbonyl (C=O) groups excluding carboxylic acids is 1. The van der Waals surface area contributed by atoms with Crippen LogP contribution in [-0.4, -0.2) is 35.6 Å². The van der Waals surface area contributed by atoms with Gasteiger partial charge in [0.2, 0.25) is 0 Å². The van der Waals surface area contributed by atoms with E-state index in [1.165, 1.54) is 0 Å².